The highest BCUT2D eigenvalue weighted by molar-refractivity contribution is 5.74. The molecule has 1 aromatic carbocycles. The molecule has 0 fully saturated rings. The minimum atomic E-state index is 0.524. The number of aldehydes is 1. The Bertz CT molecular complexity index is 524. The Morgan fingerprint density at radius 3 is 2.35 bits per heavy atom. The first-order valence-electron chi connectivity index (χ1n) is 5.70. The van der Waals surface area contributed by atoms with Gasteiger partial charge in [0.15, 0.2) is 6.29 Å². The highest BCUT2D eigenvalue weighted by Gasteiger charge is 2.08. The number of nitrogens with zero attached hydrogens (tertiary/aromatic N) is 2. The molecule has 88 valence electrons. The lowest BCUT2D eigenvalue weighted by atomic mass is 10.0. The van der Waals surface area contributed by atoms with Gasteiger partial charge in [0.1, 0.15) is 11.5 Å². The summed E-state index contributed by atoms with van der Waals surface area (Å²) in [5.41, 5.74) is 2.93. The van der Waals surface area contributed by atoms with E-state index in [0.717, 1.165) is 17.7 Å². The van der Waals surface area contributed by atoms with Crippen LogP contribution >= 0.6 is 0 Å². The number of hydrogen-bond acceptors (Lipinski definition) is 2. The number of imidazole rings is 1. The van der Waals surface area contributed by atoms with Crippen molar-refractivity contribution in [1.29, 1.82) is 0 Å². The molecular formula is C14H16N2O. The van der Waals surface area contributed by atoms with E-state index >= 15 is 0 Å². The summed E-state index contributed by atoms with van der Waals surface area (Å²) in [6.07, 6.45) is 2.41. The van der Waals surface area contributed by atoms with E-state index in [2.05, 4.69) is 31.0 Å². The molecule has 0 unspecified atom stereocenters. The van der Waals surface area contributed by atoms with Gasteiger partial charge in [-0.15, -0.1) is 0 Å². The summed E-state index contributed by atoms with van der Waals surface area (Å²) in [4.78, 5) is 15.0. The van der Waals surface area contributed by atoms with Crippen LogP contribution in [0.1, 0.15) is 35.8 Å². The van der Waals surface area contributed by atoms with Crippen molar-refractivity contribution in [3.8, 4) is 11.4 Å². The summed E-state index contributed by atoms with van der Waals surface area (Å²) >= 11 is 0. The van der Waals surface area contributed by atoms with Crippen LogP contribution in [0.5, 0.6) is 0 Å². The van der Waals surface area contributed by atoms with Gasteiger partial charge in [-0.25, -0.2) is 4.98 Å². The van der Waals surface area contributed by atoms with Crippen LogP contribution in [-0.4, -0.2) is 15.8 Å². The number of benzene rings is 1. The fourth-order valence-electron chi connectivity index (χ4n) is 1.82. The number of carbonyl (C=O) groups excluding carboxylic acids is 1. The van der Waals surface area contributed by atoms with Gasteiger partial charge in [-0.2, -0.15) is 0 Å². The van der Waals surface area contributed by atoms with Crippen molar-refractivity contribution < 1.29 is 4.79 Å². The van der Waals surface area contributed by atoms with E-state index in [1.807, 2.05) is 19.2 Å². The molecule has 0 N–H and O–H groups in total. The van der Waals surface area contributed by atoms with E-state index in [4.69, 9.17) is 0 Å². The van der Waals surface area contributed by atoms with Crippen LogP contribution in [0.25, 0.3) is 11.4 Å². The molecule has 0 atom stereocenters. The van der Waals surface area contributed by atoms with Crippen molar-refractivity contribution in [2.75, 3.05) is 0 Å². The second kappa shape index (κ2) is 4.53. The molecule has 0 saturated heterocycles. The number of hydrogen-bond donors (Lipinski definition) is 0. The molecule has 0 aliphatic rings. The van der Waals surface area contributed by atoms with Crippen molar-refractivity contribution in [1.82, 2.24) is 9.55 Å². The molecule has 0 aliphatic heterocycles. The largest absolute Gasteiger partial charge is 0.325 e. The zero-order valence-corrected chi connectivity index (χ0v) is 10.3. The van der Waals surface area contributed by atoms with Gasteiger partial charge in [-0.05, 0) is 11.5 Å². The fourth-order valence-corrected chi connectivity index (χ4v) is 1.82. The molecular weight excluding hydrogens is 212 g/mol. The maximum atomic E-state index is 10.8. The summed E-state index contributed by atoms with van der Waals surface area (Å²) in [6, 6.07) is 8.31. The molecule has 0 saturated carbocycles. The molecule has 1 heterocycles. The van der Waals surface area contributed by atoms with Crippen LogP contribution in [0, 0.1) is 0 Å². The Morgan fingerprint density at radius 1 is 1.24 bits per heavy atom. The standard InChI is InChI=1S/C14H16N2O/c1-10(2)11-4-6-12(7-5-11)14-15-8-13(9-17)16(14)3/h4-10H,1-3H3. The van der Waals surface area contributed by atoms with Gasteiger partial charge in [-0.3, -0.25) is 4.79 Å². The first-order chi connectivity index (χ1) is 8.13. The normalized spacial score (nSPS) is 10.8. The molecule has 0 spiro atoms. The molecule has 17 heavy (non-hydrogen) atoms. The lowest BCUT2D eigenvalue weighted by Crippen LogP contribution is -1.97. The van der Waals surface area contributed by atoms with E-state index in [9.17, 15) is 4.79 Å². The smallest absolute Gasteiger partial charge is 0.168 e. The summed E-state index contributed by atoms with van der Waals surface area (Å²) in [5, 5.41) is 0. The van der Waals surface area contributed by atoms with Crippen LogP contribution in [0.4, 0.5) is 0 Å². The van der Waals surface area contributed by atoms with E-state index in [0.29, 0.717) is 11.6 Å². The van der Waals surface area contributed by atoms with E-state index in [-0.39, 0.29) is 0 Å². The Labute approximate surface area is 101 Å². The third-order valence-electron chi connectivity index (χ3n) is 2.98. The molecule has 0 bridgehead atoms. The Balaban J connectivity index is 2.39. The van der Waals surface area contributed by atoms with Crippen molar-refractivity contribution in [3.05, 3.63) is 41.7 Å². The van der Waals surface area contributed by atoms with Crippen LogP contribution in [0.2, 0.25) is 0 Å². The van der Waals surface area contributed by atoms with Gasteiger partial charge in [0.2, 0.25) is 0 Å². The predicted molar refractivity (Wildman–Crippen MR) is 68.1 cm³/mol. The highest BCUT2D eigenvalue weighted by atomic mass is 16.1. The van der Waals surface area contributed by atoms with Gasteiger partial charge in [0.25, 0.3) is 0 Å². The van der Waals surface area contributed by atoms with Crippen molar-refractivity contribution in [2.45, 2.75) is 19.8 Å². The van der Waals surface area contributed by atoms with Gasteiger partial charge >= 0.3 is 0 Å². The summed E-state index contributed by atoms with van der Waals surface area (Å²) in [6.45, 7) is 4.33. The summed E-state index contributed by atoms with van der Waals surface area (Å²) in [5.74, 6) is 1.35. The topological polar surface area (TPSA) is 34.9 Å². The minimum absolute atomic E-state index is 0.524. The molecule has 0 amide bonds. The first kappa shape index (κ1) is 11.6. The molecule has 3 heteroatoms. The minimum Gasteiger partial charge on any atom is -0.325 e. The van der Waals surface area contributed by atoms with Crippen molar-refractivity contribution in [2.24, 2.45) is 7.05 Å². The van der Waals surface area contributed by atoms with E-state index in [1.54, 1.807) is 10.8 Å². The second-order valence-corrected chi connectivity index (χ2v) is 4.46. The molecule has 0 aliphatic carbocycles. The van der Waals surface area contributed by atoms with E-state index in [1.165, 1.54) is 5.56 Å². The van der Waals surface area contributed by atoms with Crippen molar-refractivity contribution in [3.63, 3.8) is 0 Å². The van der Waals surface area contributed by atoms with Crippen LogP contribution < -0.4 is 0 Å². The van der Waals surface area contributed by atoms with Crippen LogP contribution in [0.3, 0.4) is 0 Å². The van der Waals surface area contributed by atoms with Gasteiger partial charge in [-0.1, -0.05) is 38.1 Å². The number of aromatic nitrogens is 2. The third-order valence-corrected chi connectivity index (χ3v) is 2.98. The fraction of sp³-hybridized carbons (Fsp3) is 0.286. The predicted octanol–water partition coefficient (Wildman–Crippen LogP) is 3.02. The van der Waals surface area contributed by atoms with E-state index < -0.39 is 0 Å². The Morgan fingerprint density at radius 2 is 1.88 bits per heavy atom. The van der Waals surface area contributed by atoms with Crippen LogP contribution in [0.15, 0.2) is 30.5 Å². The van der Waals surface area contributed by atoms with Crippen LogP contribution in [-0.2, 0) is 7.05 Å². The molecule has 2 aromatic rings. The van der Waals surface area contributed by atoms with Gasteiger partial charge in [0.05, 0.1) is 6.20 Å². The molecule has 3 nitrogen and oxygen atoms in total. The summed E-state index contributed by atoms with van der Waals surface area (Å²) < 4.78 is 1.80. The zero-order valence-electron chi connectivity index (χ0n) is 10.3. The maximum Gasteiger partial charge on any atom is 0.168 e. The number of carbonyl (C=O) groups is 1. The SMILES string of the molecule is CC(C)c1ccc(-c2ncc(C=O)n2C)cc1. The molecule has 2 rings (SSSR count). The molecule has 0 radical (unpaired) electrons. The quantitative estimate of drug-likeness (QED) is 0.757. The lowest BCUT2D eigenvalue weighted by Gasteiger charge is -2.07. The summed E-state index contributed by atoms with van der Waals surface area (Å²) in [7, 11) is 1.85. The molecule has 1 aromatic heterocycles. The average Bonchev–Trinajstić information content (AvgIpc) is 2.70. The average molecular weight is 228 g/mol. The second-order valence-electron chi connectivity index (χ2n) is 4.46. The Kier molecular flexibility index (Phi) is 3.09. The van der Waals surface area contributed by atoms with Gasteiger partial charge < -0.3 is 4.57 Å². The Hall–Kier alpha value is -1.90. The first-order valence-corrected chi connectivity index (χ1v) is 5.70. The number of rotatable bonds is 3. The third kappa shape index (κ3) is 2.13. The van der Waals surface area contributed by atoms with Crippen molar-refractivity contribution >= 4 is 6.29 Å². The lowest BCUT2D eigenvalue weighted by molar-refractivity contribution is 0.111. The van der Waals surface area contributed by atoms with Gasteiger partial charge in [0, 0.05) is 12.6 Å². The maximum absolute atomic E-state index is 10.8. The monoisotopic (exact) mass is 228 g/mol. The highest BCUT2D eigenvalue weighted by Crippen LogP contribution is 2.21. The zero-order chi connectivity index (χ0) is 12.4.